The molecule has 0 radical (unpaired) electrons. The van der Waals surface area contributed by atoms with Crippen LogP contribution in [0.15, 0.2) is 5.38 Å². The highest BCUT2D eigenvalue weighted by molar-refractivity contribution is 7.13. The van der Waals surface area contributed by atoms with Crippen molar-refractivity contribution in [3.8, 4) is 0 Å². The predicted molar refractivity (Wildman–Crippen MR) is 65.2 cm³/mol. The van der Waals surface area contributed by atoms with Gasteiger partial charge in [0.25, 0.3) is 0 Å². The lowest BCUT2D eigenvalue weighted by Crippen LogP contribution is -2.20. The summed E-state index contributed by atoms with van der Waals surface area (Å²) in [6, 6.07) is 0. The number of carbonyl (C=O) groups is 2. The zero-order chi connectivity index (χ0) is 12.7. The third-order valence-electron chi connectivity index (χ3n) is 2.05. The van der Waals surface area contributed by atoms with Crippen LogP contribution < -0.4 is 10.6 Å². The maximum Gasteiger partial charge on any atom is 0.303 e. The molecule has 0 saturated heterocycles. The Kier molecular flexibility index (Phi) is 5.41. The first-order chi connectivity index (χ1) is 8.11. The number of hydrogen-bond donors (Lipinski definition) is 3. The van der Waals surface area contributed by atoms with Crippen LogP contribution in [-0.2, 0) is 16.0 Å². The molecular formula is C10H15N3O3S. The van der Waals surface area contributed by atoms with Crippen LogP contribution >= 0.6 is 11.3 Å². The molecule has 1 aromatic heterocycles. The van der Waals surface area contributed by atoms with Gasteiger partial charge in [-0.15, -0.1) is 11.3 Å². The van der Waals surface area contributed by atoms with Crippen LogP contribution in [0.2, 0.25) is 0 Å². The van der Waals surface area contributed by atoms with E-state index in [9.17, 15) is 9.59 Å². The third kappa shape index (κ3) is 5.30. The number of nitrogens with zero attached hydrogens (tertiary/aromatic N) is 1. The molecule has 0 aromatic carbocycles. The van der Waals surface area contributed by atoms with E-state index in [1.165, 1.54) is 11.3 Å². The molecule has 3 N–H and O–H groups in total. The molecule has 17 heavy (non-hydrogen) atoms. The second-order valence-corrected chi connectivity index (χ2v) is 4.25. The molecule has 1 aromatic rings. The second kappa shape index (κ2) is 6.85. The minimum atomic E-state index is -0.827. The average molecular weight is 257 g/mol. The van der Waals surface area contributed by atoms with Crippen molar-refractivity contribution in [1.29, 1.82) is 0 Å². The van der Waals surface area contributed by atoms with Crippen LogP contribution in [0.1, 0.15) is 18.5 Å². The van der Waals surface area contributed by atoms with Crippen LogP contribution in [0.3, 0.4) is 0 Å². The van der Waals surface area contributed by atoms with Gasteiger partial charge in [0.1, 0.15) is 0 Å². The van der Waals surface area contributed by atoms with Gasteiger partial charge < -0.3 is 15.7 Å². The quantitative estimate of drug-likeness (QED) is 0.669. The average Bonchev–Trinajstić information content (AvgIpc) is 2.74. The Balaban J connectivity index is 2.30. The number of anilines is 1. The first-order valence-electron chi connectivity index (χ1n) is 5.22. The number of rotatable bonds is 7. The van der Waals surface area contributed by atoms with E-state index in [4.69, 9.17) is 5.11 Å². The number of carbonyl (C=O) groups excluding carboxylic acids is 1. The van der Waals surface area contributed by atoms with Crippen LogP contribution in [0.5, 0.6) is 0 Å². The molecule has 94 valence electrons. The zero-order valence-corrected chi connectivity index (χ0v) is 10.3. The molecule has 0 unspecified atom stereocenters. The van der Waals surface area contributed by atoms with Crippen LogP contribution in [-0.4, -0.2) is 35.6 Å². The van der Waals surface area contributed by atoms with Crippen molar-refractivity contribution in [1.82, 2.24) is 10.3 Å². The minimum absolute atomic E-state index is 0.0276. The Morgan fingerprint density at radius 1 is 1.47 bits per heavy atom. The monoisotopic (exact) mass is 257 g/mol. The second-order valence-electron chi connectivity index (χ2n) is 3.39. The molecule has 0 atom stereocenters. The summed E-state index contributed by atoms with van der Waals surface area (Å²) < 4.78 is 0. The molecular weight excluding hydrogens is 242 g/mol. The largest absolute Gasteiger partial charge is 0.481 e. The third-order valence-corrected chi connectivity index (χ3v) is 2.90. The summed E-state index contributed by atoms with van der Waals surface area (Å²) in [7, 11) is 1.59. The van der Waals surface area contributed by atoms with Crippen LogP contribution in [0.25, 0.3) is 0 Å². The molecule has 0 bridgehead atoms. The molecule has 1 heterocycles. The Labute approximate surface area is 103 Å². The van der Waals surface area contributed by atoms with Gasteiger partial charge in [-0.25, -0.2) is 4.98 Å². The fourth-order valence-electron chi connectivity index (χ4n) is 1.15. The van der Waals surface area contributed by atoms with Gasteiger partial charge in [-0.3, -0.25) is 9.59 Å². The standard InChI is InChI=1S/C10H15N3O3S/c1-11-8(14)4-5-12-10-13-7(6-17-10)2-3-9(15)16/h6H,2-5H2,1H3,(H,11,14)(H,12,13)(H,15,16). The van der Waals surface area contributed by atoms with Crippen LogP contribution in [0, 0.1) is 0 Å². The van der Waals surface area contributed by atoms with Gasteiger partial charge in [0.15, 0.2) is 5.13 Å². The Morgan fingerprint density at radius 2 is 2.24 bits per heavy atom. The molecule has 0 fully saturated rings. The Morgan fingerprint density at radius 3 is 2.88 bits per heavy atom. The molecule has 6 nitrogen and oxygen atoms in total. The zero-order valence-electron chi connectivity index (χ0n) is 9.52. The number of carboxylic acid groups (broad SMARTS) is 1. The summed E-state index contributed by atoms with van der Waals surface area (Å²) in [4.78, 5) is 25.5. The van der Waals surface area contributed by atoms with Gasteiger partial charge in [0, 0.05) is 31.8 Å². The highest BCUT2D eigenvalue weighted by Gasteiger charge is 2.04. The van der Waals surface area contributed by atoms with Crippen LogP contribution in [0.4, 0.5) is 5.13 Å². The molecule has 0 spiro atoms. The van der Waals surface area contributed by atoms with E-state index < -0.39 is 5.97 Å². The Hall–Kier alpha value is -1.63. The van der Waals surface area contributed by atoms with Crippen molar-refractivity contribution < 1.29 is 14.7 Å². The summed E-state index contributed by atoms with van der Waals surface area (Å²) in [5.74, 6) is -0.854. The number of aryl methyl sites for hydroxylation is 1. The van der Waals surface area contributed by atoms with Crippen molar-refractivity contribution in [3.63, 3.8) is 0 Å². The topological polar surface area (TPSA) is 91.3 Å². The molecule has 1 amide bonds. The molecule has 0 aliphatic carbocycles. The number of thiazole rings is 1. The van der Waals surface area contributed by atoms with Crippen molar-refractivity contribution in [2.45, 2.75) is 19.3 Å². The molecule has 1 rings (SSSR count). The number of nitrogens with one attached hydrogen (secondary N) is 2. The van der Waals surface area contributed by atoms with E-state index in [1.54, 1.807) is 7.05 Å². The van der Waals surface area contributed by atoms with E-state index >= 15 is 0 Å². The fourth-order valence-corrected chi connectivity index (χ4v) is 1.92. The van der Waals surface area contributed by atoms with Gasteiger partial charge in [-0.05, 0) is 0 Å². The van der Waals surface area contributed by atoms with E-state index in [-0.39, 0.29) is 12.3 Å². The van der Waals surface area contributed by atoms with E-state index in [0.29, 0.717) is 24.5 Å². The summed E-state index contributed by atoms with van der Waals surface area (Å²) in [6.07, 6.45) is 0.908. The summed E-state index contributed by atoms with van der Waals surface area (Å²) >= 11 is 1.41. The van der Waals surface area contributed by atoms with Crippen molar-refractivity contribution in [3.05, 3.63) is 11.1 Å². The Bertz CT molecular complexity index is 392. The molecule has 0 aliphatic rings. The summed E-state index contributed by atoms with van der Waals surface area (Å²) in [5.41, 5.74) is 0.764. The van der Waals surface area contributed by atoms with Crippen molar-refractivity contribution in [2.75, 3.05) is 18.9 Å². The van der Waals surface area contributed by atoms with Gasteiger partial charge >= 0.3 is 5.97 Å². The maximum atomic E-state index is 11.0. The smallest absolute Gasteiger partial charge is 0.303 e. The number of hydrogen-bond acceptors (Lipinski definition) is 5. The predicted octanol–water partition coefficient (Wildman–Crippen LogP) is 0.708. The van der Waals surface area contributed by atoms with E-state index in [2.05, 4.69) is 15.6 Å². The van der Waals surface area contributed by atoms with Crippen molar-refractivity contribution in [2.24, 2.45) is 0 Å². The minimum Gasteiger partial charge on any atom is -0.481 e. The van der Waals surface area contributed by atoms with Gasteiger partial charge in [-0.1, -0.05) is 0 Å². The number of amides is 1. The molecule has 7 heteroatoms. The first kappa shape index (κ1) is 13.4. The lowest BCUT2D eigenvalue weighted by Gasteiger charge is -2.01. The molecule has 0 aliphatic heterocycles. The van der Waals surface area contributed by atoms with Gasteiger partial charge in [0.05, 0.1) is 12.1 Å². The maximum absolute atomic E-state index is 11.0. The van der Waals surface area contributed by atoms with Gasteiger partial charge in [-0.2, -0.15) is 0 Å². The van der Waals surface area contributed by atoms with E-state index in [0.717, 1.165) is 5.69 Å². The fraction of sp³-hybridized carbons (Fsp3) is 0.500. The first-order valence-corrected chi connectivity index (χ1v) is 6.10. The molecule has 0 saturated carbocycles. The SMILES string of the molecule is CNC(=O)CCNc1nc(CCC(=O)O)cs1. The number of aliphatic carboxylic acids is 1. The lowest BCUT2D eigenvalue weighted by molar-refractivity contribution is -0.137. The summed E-state index contributed by atoms with van der Waals surface area (Å²) in [5, 5.41) is 16.6. The number of aromatic nitrogens is 1. The summed E-state index contributed by atoms with van der Waals surface area (Å²) in [6.45, 7) is 0.519. The number of carboxylic acids is 1. The van der Waals surface area contributed by atoms with E-state index in [1.807, 2.05) is 5.38 Å². The highest BCUT2D eigenvalue weighted by Crippen LogP contribution is 2.16. The lowest BCUT2D eigenvalue weighted by atomic mass is 10.2. The van der Waals surface area contributed by atoms with Gasteiger partial charge in [0.2, 0.25) is 5.91 Å². The van der Waals surface area contributed by atoms with Crippen molar-refractivity contribution >= 4 is 28.3 Å². The normalized spacial score (nSPS) is 9.94. The highest BCUT2D eigenvalue weighted by atomic mass is 32.1.